The van der Waals surface area contributed by atoms with E-state index in [9.17, 15) is 0 Å². The number of aromatic hydroxyl groups is 1. The third-order valence-corrected chi connectivity index (χ3v) is 2.12. The number of rotatable bonds is 2. The van der Waals surface area contributed by atoms with Gasteiger partial charge in [0, 0.05) is 5.41 Å². The van der Waals surface area contributed by atoms with Gasteiger partial charge < -0.3 is 5.11 Å². The molecule has 0 bridgehead atoms. The van der Waals surface area contributed by atoms with Crippen molar-refractivity contribution < 1.29 is 5.11 Å². The van der Waals surface area contributed by atoms with Crippen molar-refractivity contribution in [1.82, 2.24) is 0 Å². The summed E-state index contributed by atoms with van der Waals surface area (Å²) in [6.45, 7) is 7.95. The van der Waals surface area contributed by atoms with Crippen molar-refractivity contribution in [2.45, 2.75) is 19.3 Å². The summed E-state index contributed by atoms with van der Waals surface area (Å²) in [5.41, 5.74) is 1.14. The Morgan fingerprint density at radius 1 is 1.25 bits per heavy atom. The predicted octanol–water partition coefficient (Wildman–Crippen LogP) is 2.86. The van der Waals surface area contributed by atoms with Gasteiger partial charge in [0.05, 0.1) is 0 Å². The van der Waals surface area contributed by atoms with Gasteiger partial charge in [-0.25, -0.2) is 0 Å². The Morgan fingerprint density at radius 2 is 1.75 bits per heavy atom. The third-order valence-electron chi connectivity index (χ3n) is 2.12. The number of allylic oxidation sites excluding steroid dienone is 1. The molecule has 0 aliphatic carbocycles. The number of hydrogen-bond acceptors (Lipinski definition) is 1. The van der Waals surface area contributed by atoms with Gasteiger partial charge in [0.25, 0.3) is 0 Å². The monoisotopic (exact) mass is 162 g/mol. The van der Waals surface area contributed by atoms with Crippen molar-refractivity contribution in [3.63, 3.8) is 0 Å². The molecule has 64 valence electrons. The van der Waals surface area contributed by atoms with Crippen LogP contribution in [0.1, 0.15) is 19.4 Å². The van der Waals surface area contributed by atoms with Crippen molar-refractivity contribution in [1.29, 1.82) is 0 Å². The van der Waals surface area contributed by atoms with E-state index in [4.69, 9.17) is 5.11 Å². The third kappa shape index (κ3) is 1.67. The van der Waals surface area contributed by atoms with Crippen LogP contribution in [0.4, 0.5) is 0 Å². The molecule has 1 aromatic carbocycles. The van der Waals surface area contributed by atoms with Crippen LogP contribution in [0.25, 0.3) is 0 Å². The van der Waals surface area contributed by atoms with Gasteiger partial charge in [-0.3, -0.25) is 0 Å². The zero-order chi connectivity index (χ0) is 9.19. The first-order valence-electron chi connectivity index (χ1n) is 3.99. The maximum atomic E-state index is 9.07. The first kappa shape index (κ1) is 8.85. The molecular formula is C11H14O. The number of phenolic OH excluding ortho intramolecular Hbond substituents is 1. The first-order chi connectivity index (χ1) is 5.56. The molecule has 0 amide bonds. The Bertz CT molecular complexity index is 270. The SMILES string of the molecule is C=CC(C)(C)c1ccc(O)cc1. The lowest BCUT2D eigenvalue weighted by Crippen LogP contribution is -2.12. The molecule has 0 fully saturated rings. The van der Waals surface area contributed by atoms with Crippen LogP contribution < -0.4 is 0 Å². The average molecular weight is 162 g/mol. The zero-order valence-corrected chi connectivity index (χ0v) is 7.54. The van der Waals surface area contributed by atoms with E-state index in [2.05, 4.69) is 20.4 Å². The van der Waals surface area contributed by atoms with E-state index in [-0.39, 0.29) is 5.41 Å². The summed E-state index contributed by atoms with van der Waals surface area (Å²) in [6, 6.07) is 7.22. The molecule has 0 spiro atoms. The van der Waals surface area contributed by atoms with Crippen LogP contribution in [0.5, 0.6) is 5.75 Å². The Morgan fingerprint density at radius 3 is 2.17 bits per heavy atom. The standard InChI is InChI=1S/C11H14O/c1-4-11(2,3)9-5-7-10(12)8-6-9/h4-8,12H,1H2,2-3H3. The van der Waals surface area contributed by atoms with Crippen molar-refractivity contribution in [2.75, 3.05) is 0 Å². The molecule has 0 aliphatic rings. The molecule has 1 heteroatoms. The highest BCUT2D eigenvalue weighted by atomic mass is 16.3. The Hall–Kier alpha value is -1.24. The molecule has 0 saturated carbocycles. The molecule has 1 N–H and O–H groups in total. The van der Waals surface area contributed by atoms with E-state index < -0.39 is 0 Å². The van der Waals surface area contributed by atoms with Gasteiger partial charge in [0.15, 0.2) is 0 Å². The van der Waals surface area contributed by atoms with Gasteiger partial charge in [-0.05, 0) is 17.7 Å². The van der Waals surface area contributed by atoms with Crippen LogP contribution in [-0.2, 0) is 5.41 Å². The Labute approximate surface area is 73.4 Å². The molecule has 0 heterocycles. The Balaban J connectivity index is 3.04. The van der Waals surface area contributed by atoms with Crippen LogP contribution in [0, 0.1) is 0 Å². The summed E-state index contributed by atoms with van der Waals surface area (Å²) in [7, 11) is 0. The van der Waals surface area contributed by atoms with Gasteiger partial charge in [-0.2, -0.15) is 0 Å². The second kappa shape index (κ2) is 3.02. The van der Waals surface area contributed by atoms with Crippen LogP contribution >= 0.6 is 0 Å². The molecule has 0 radical (unpaired) electrons. The molecule has 12 heavy (non-hydrogen) atoms. The van der Waals surface area contributed by atoms with E-state index in [0.717, 1.165) is 5.56 Å². The van der Waals surface area contributed by atoms with Crippen LogP contribution in [0.2, 0.25) is 0 Å². The van der Waals surface area contributed by atoms with Gasteiger partial charge in [-0.1, -0.05) is 32.1 Å². The van der Waals surface area contributed by atoms with Crippen molar-refractivity contribution in [3.05, 3.63) is 42.5 Å². The summed E-state index contributed by atoms with van der Waals surface area (Å²) in [6.07, 6.45) is 1.90. The van der Waals surface area contributed by atoms with E-state index in [1.54, 1.807) is 12.1 Å². The van der Waals surface area contributed by atoms with Crippen LogP contribution in [-0.4, -0.2) is 5.11 Å². The molecular weight excluding hydrogens is 148 g/mol. The Kier molecular flexibility index (Phi) is 2.22. The highest BCUT2D eigenvalue weighted by Gasteiger charge is 2.14. The fraction of sp³-hybridized carbons (Fsp3) is 0.273. The molecule has 0 aliphatic heterocycles. The van der Waals surface area contributed by atoms with Gasteiger partial charge in [0.2, 0.25) is 0 Å². The molecule has 1 nitrogen and oxygen atoms in total. The van der Waals surface area contributed by atoms with Crippen molar-refractivity contribution in [3.8, 4) is 5.75 Å². The molecule has 1 rings (SSSR count). The normalized spacial score (nSPS) is 11.2. The molecule has 0 atom stereocenters. The topological polar surface area (TPSA) is 20.2 Å². The maximum Gasteiger partial charge on any atom is 0.115 e. The second-order valence-electron chi connectivity index (χ2n) is 3.47. The van der Waals surface area contributed by atoms with Crippen LogP contribution in [0.3, 0.4) is 0 Å². The minimum Gasteiger partial charge on any atom is -0.508 e. The second-order valence-corrected chi connectivity index (χ2v) is 3.47. The maximum absolute atomic E-state index is 9.07. The minimum absolute atomic E-state index is 0.0201. The average Bonchev–Trinajstić information content (AvgIpc) is 2.05. The summed E-state index contributed by atoms with van der Waals surface area (Å²) in [5, 5.41) is 9.07. The zero-order valence-electron chi connectivity index (χ0n) is 7.54. The van der Waals surface area contributed by atoms with Gasteiger partial charge in [0.1, 0.15) is 5.75 Å². The smallest absolute Gasteiger partial charge is 0.115 e. The van der Waals surface area contributed by atoms with E-state index in [1.807, 2.05) is 18.2 Å². The summed E-state index contributed by atoms with van der Waals surface area (Å²) in [5.74, 6) is 0.304. The lowest BCUT2D eigenvalue weighted by molar-refractivity contribution is 0.474. The minimum atomic E-state index is -0.0201. The fourth-order valence-corrected chi connectivity index (χ4v) is 1.01. The lowest BCUT2D eigenvalue weighted by Gasteiger charge is -2.19. The first-order valence-corrected chi connectivity index (χ1v) is 3.99. The summed E-state index contributed by atoms with van der Waals surface area (Å²) >= 11 is 0. The number of phenols is 1. The molecule has 1 aromatic rings. The quantitative estimate of drug-likeness (QED) is 0.663. The van der Waals surface area contributed by atoms with E-state index >= 15 is 0 Å². The summed E-state index contributed by atoms with van der Waals surface area (Å²) in [4.78, 5) is 0. The highest BCUT2D eigenvalue weighted by molar-refractivity contribution is 5.33. The fourth-order valence-electron chi connectivity index (χ4n) is 1.01. The molecule has 0 aromatic heterocycles. The lowest BCUT2D eigenvalue weighted by atomic mass is 9.85. The molecule has 0 saturated heterocycles. The highest BCUT2D eigenvalue weighted by Crippen LogP contribution is 2.25. The van der Waals surface area contributed by atoms with Gasteiger partial charge >= 0.3 is 0 Å². The van der Waals surface area contributed by atoms with E-state index in [1.165, 1.54) is 0 Å². The largest absolute Gasteiger partial charge is 0.508 e. The van der Waals surface area contributed by atoms with Gasteiger partial charge in [-0.15, -0.1) is 6.58 Å². The van der Waals surface area contributed by atoms with E-state index in [0.29, 0.717) is 5.75 Å². The van der Waals surface area contributed by atoms with Crippen LogP contribution in [0.15, 0.2) is 36.9 Å². The molecule has 0 unspecified atom stereocenters. The predicted molar refractivity (Wildman–Crippen MR) is 51.3 cm³/mol. The van der Waals surface area contributed by atoms with Crippen molar-refractivity contribution >= 4 is 0 Å². The number of benzene rings is 1. The summed E-state index contributed by atoms with van der Waals surface area (Å²) < 4.78 is 0. The van der Waals surface area contributed by atoms with Crippen molar-refractivity contribution in [2.24, 2.45) is 0 Å². The number of hydrogen-bond donors (Lipinski definition) is 1.